The zero-order valence-corrected chi connectivity index (χ0v) is 16.4. The lowest BCUT2D eigenvalue weighted by Crippen LogP contribution is -2.32. The molecule has 158 valence electrons. The number of primary amides is 1. The van der Waals surface area contributed by atoms with Gasteiger partial charge in [0.1, 0.15) is 18.1 Å². The fourth-order valence-electron chi connectivity index (χ4n) is 2.68. The van der Waals surface area contributed by atoms with Gasteiger partial charge in [-0.1, -0.05) is 0 Å². The van der Waals surface area contributed by atoms with Crippen LogP contribution in [-0.4, -0.2) is 41.1 Å². The molecule has 3 rings (SSSR count). The van der Waals surface area contributed by atoms with Gasteiger partial charge in [0.15, 0.2) is 0 Å². The van der Waals surface area contributed by atoms with Gasteiger partial charge < -0.3 is 20.5 Å². The highest BCUT2D eigenvalue weighted by Crippen LogP contribution is 2.32. The van der Waals surface area contributed by atoms with Crippen molar-refractivity contribution in [2.75, 3.05) is 20.3 Å². The molecule has 30 heavy (non-hydrogen) atoms. The van der Waals surface area contributed by atoms with Gasteiger partial charge in [0.2, 0.25) is 5.88 Å². The molecule has 2 heterocycles. The Balaban J connectivity index is 1.88. The number of hydrogen-bond donors (Lipinski definition) is 2. The highest BCUT2D eigenvalue weighted by molar-refractivity contribution is 5.71. The summed E-state index contributed by atoms with van der Waals surface area (Å²) in [6, 6.07) is 10.9. The molecule has 0 spiro atoms. The van der Waals surface area contributed by atoms with Crippen LogP contribution in [0.3, 0.4) is 0 Å². The maximum Gasteiger partial charge on any atom is 0.312 e. The summed E-state index contributed by atoms with van der Waals surface area (Å²) in [5.41, 5.74) is 6.28. The molecule has 0 saturated carbocycles. The van der Waals surface area contributed by atoms with Gasteiger partial charge in [0.25, 0.3) is 5.92 Å². The molecule has 8 nitrogen and oxygen atoms in total. The molecule has 2 aromatic heterocycles. The number of ether oxygens (including phenoxy) is 2. The Kier molecular flexibility index (Phi) is 6.14. The number of hydrogen-bond acceptors (Lipinski definition) is 5. The summed E-state index contributed by atoms with van der Waals surface area (Å²) in [6.45, 7) is 1.31. The predicted octanol–water partition coefficient (Wildman–Crippen LogP) is 3.10. The van der Waals surface area contributed by atoms with Crippen molar-refractivity contribution in [1.82, 2.24) is 20.1 Å². The molecule has 0 aliphatic carbocycles. The first-order valence-electron chi connectivity index (χ1n) is 9.03. The third-order valence-corrected chi connectivity index (χ3v) is 4.15. The van der Waals surface area contributed by atoms with Gasteiger partial charge in [-0.25, -0.2) is 14.5 Å². The van der Waals surface area contributed by atoms with E-state index >= 15 is 0 Å². The average molecular weight is 417 g/mol. The van der Waals surface area contributed by atoms with Crippen LogP contribution in [0.5, 0.6) is 11.6 Å². The number of nitrogens with zero attached hydrogens (tertiary/aromatic N) is 3. The van der Waals surface area contributed by atoms with Gasteiger partial charge in [-0.15, -0.1) is 0 Å². The van der Waals surface area contributed by atoms with Crippen molar-refractivity contribution in [2.24, 2.45) is 5.73 Å². The second-order valence-corrected chi connectivity index (χ2v) is 6.44. The van der Waals surface area contributed by atoms with Crippen LogP contribution in [-0.2, 0) is 5.92 Å². The first-order chi connectivity index (χ1) is 14.3. The van der Waals surface area contributed by atoms with Gasteiger partial charge >= 0.3 is 6.03 Å². The largest absolute Gasteiger partial charge is 0.492 e. The van der Waals surface area contributed by atoms with E-state index in [-0.39, 0.29) is 18.8 Å². The number of alkyl halides is 2. The van der Waals surface area contributed by atoms with Gasteiger partial charge in [-0.3, -0.25) is 0 Å². The molecule has 0 unspecified atom stereocenters. The number of carbonyl (C=O) groups excluding carboxylic acids is 1. The second kappa shape index (κ2) is 8.76. The van der Waals surface area contributed by atoms with Crippen LogP contribution in [0, 0.1) is 0 Å². The number of urea groups is 1. The van der Waals surface area contributed by atoms with E-state index < -0.39 is 12.0 Å². The van der Waals surface area contributed by atoms with Crippen LogP contribution in [0.15, 0.2) is 48.7 Å². The number of amides is 2. The van der Waals surface area contributed by atoms with Gasteiger partial charge in [-0.05, 0) is 36.4 Å². The van der Waals surface area contributed by atoms with E-state index in [0.29, 0.717) is 28.6 Å². The summed E-state index contributed by atoms with van der Waals surface area (Å²) in [4.78, 5) is 14.8. The Morgan fingerprint density at radius 3 is 2.53 bits per heavy atom. The molecular weight excluding hydrogens is 396 g/mol. The van der Waals surface area contributed by atoms with Crippen LogP contribution in [0.4, 0.5) is 13.6 Å². The van der Waals surface area contributed by atoms with Crippen molar-refractivity contribution in [3.05, 3.63) is 54.4 Å². The van der Waals surface area contributed by atoms with E-state index in [2.05, 4.69) is 15.4 Å². The molecule has 0 saturated heterocycles. The van der Waals surface area contributed by atoms with Crippen LogP contribution in [0.1, 0.15) is 12.6 Å². The second-order valence-electron chi connectivity index (χ2n) is 6.44. The van der Waals surface area contributed by atoms with Crippen molar-refractivity contribution in [2.45, 2.75) is 12.8 Å². The highest BCUT2D eigenvalue weighted by atomic mass is 19.3. The average Bonchev–Trinajstić information content (AvgIpc) is 3.17. The van der Waals surface area contributed by atoms with Crippen LogP contribution in [0.2, 0.25) is 0 Å². The Labute approximate surface area is 171 Å². The monoisotopic (exact) mass is 417 g/mol. The van der Waals surface area contributed by atoms with Crippen molar-refractivity contribution in [1.29, 1.82) is 0 Å². The molecule has 0 radical (unpaired) electrons. The van der Waals surface area contributed by atoms with E-state index in [0.717, 1.165) is 6.92 Å². The molecule has 0 atom stereocenters. The molecule has 3 N–H and O–H groups in total. The minimum atomic E-state index is -3.10. The summed E-state index contributed by atoms with van der Waals surface area (Å²) in [5.74, 6) is -2.14. The first-order valence-corrected chi connectivity index (χ1v) is 9.03. The highest BCUT2D eigenvalue weighted by Gasteiger charge is 2.29. The molecule has 3 aromatic rings. The number of pyridine rings is 1. The van der Waals surface area contributed by atoms with Gasteiger partial charge in [0.05, 0.1) is 31.2 Å². The van der Waals surface area contributed by atoms with Gasteiger partial charge in [0, 0.05) is 18.6 Å². The third kappa shape index (κ3) is 5.02. The minimum absolute atomic E-state index is 0.240. The summed E-state index contributed by atoms with van der Waals surface area (Å²) < 4.78 is 39.8. The molecule has 2 amide bonds. The number of aromatic nitrogens is 3. The maximum atomic E-state index is 13.9. The van der Waals surface area contributed by atoms with E-state index in [1.54, 1.807) is 36.4 Å². The van der Waals surface area contributed by atoms with Crippen molar-refractivity contribution >= 4 is 6.03 Å². The lowest BCUT2D eigenvalue weighted by atomic mass is 10.1. The summed E-state index contributed by atoms with van der Waals surface area (Å²) in [7, 11) is 1.49. The number of halogens is 2. The predicted molar refractivity (Wildman–Crippen MR) is 106 cm³/mol. The van der Waals surface area contributed by atoms with E-state index in [9.17, 15) is 13.6 Å². The number of nitrogens with two attached hydrogens (primary N) is 1. The fourth-order valence-corrected chi connectivity index (χ4v) is 2.68. The molecule has 1 aromatic carbocycles. The van der Waals surface area contributed by atoms with Crippen LogP contribution < -0.4 is 20.5 Å². The summed E-state index contributed by atoms with van der Waals surface area (Å²) in [5, 5.41) is 6.51. The summed E-state index contributed by atoms with van der Waals surface area (Å²) >= 11 is 0. The van der Waals surface area contributed by atoms with E-state index in [1.807, 2.05) is 0 Å². The molecule has 10 heteroatoms. The molecule has 0 bridgehead atoms. The SMILES string of the molecule is COc1ccc(-n2nc(C(C)(F)F)cc2-c2ccc(OCCNC(N)=O)cc2)cn1. The first kappa shape index (κ1) is 21.0. The Hall–Kier alpha value is -3.69. The van der Waals surface area contributed by atoms with Crippen molar-refractivity contribution in [3.63, 3.8) is 0 Å². The Bertz CT molecular complexity index is 999. The topological polar surface area (TPSA) is 104 Å². The maximum absolute atomic E-state index is 13.9. The van der Waals surface area contributed by atoms with Crippen LogP contribution in [0.25, 0.3) is 16.9 Å². The Morgan fingerprint density at radius 1 is 1.23 bits per heavy atom. The van der Waals surface area contributed by atoms with E-state index in [4.69, 9.17) is 15.2 Å². The number of benzene rings is 1. The van der Waals surface area contributed by atoms with E-state index in [1.165, 1.54) is 24.1 Å². The number of nitrogens with one attached hydrogen (secondary N) is 1. The van der Waals surface area contributed by atoms with Gasteiger partial charge in [-0.2, -0.15) is 13.9 Å². The van der Waals surface area contributed by atoms with Crippen LogP contribution >= 0.6 is 0 Å². The smallest absolute Gasteiger partial charge is 0.312 e. The molecular formula is C20H21F2N5O3. The number of methoxy groups -OCH3 is 1. The number of rotatable bonds is 8. The van der Waals surface area contributed by atoms with Crippen molar-refractivity contribution < 1.29 is 23.0 Å². The normalized spacial score (nSPS) is 11.2. The Morgan fingerprint density at radius 2 is 1.97 bits per heavy atom. The molecule has 0 aliphatic rings. The molecule has 0 aliphatic heterocycles. The standard InChI is InChI=1S/C20H21F2N5O3/c1-20(21,22)17-11-16(27(26-17)14-5-8-18(29-2)25-12-14)13-3-6-15(7-4-13)30-10-9-24-19(23)28/h3-8,11-12H,9-10H2,1-2H3,(H3,23,24,28). The zero-order valence-electron chi connectivity index (χ0n) is 16.4. The lowest BCUT2D eigenvalue weighted by molar-refractivity contribution is 0.0124. The zero-order chi connectivity index (χ0) is 21.7. The fraction of sp³-hybridized carbons (Fsp3) is 0.250. The lowest BCUT2D eigenvalue weighted by Gasteiger charge is -2.10. The quantitative estimate of drug-likeness (QED) is 0.548. The summed E-state index contributed by atoms with van der Waals surface area (Å²) in [6.07, 6.45) is 1.50. The molecule has 0 fully saturated rings. The number of carbonyl (C=O) groups is 1. The van der Waals surface area contributed by atoms with Crippen molar-refractivity contribution in [3.8, 4) is 28.6 Å². The third-order valence-electron chi connectivity index (χ3n) is 4.15. The minimum Gasteiger partial charge on any atom is -0.492 e.